The van der Waals surface area contributed by atoms with Gasteiger partial charge in [0.25, 0.3) is 5.91 Å². The topological polar surface area (TPSA) is 84.5 Å². The van der Waals surface area contributed by atoms with E-state index >= 15 is 0 Å². The Morgan fingerprint density at radius 1 is 0.815 bits per heavy atom. The standard InChI is InChI=1S/C21H24N2O4/c1-15-11-12-18(13-16(15)2)23-20(25)14-27-21(26)10-6-9-19(24)22-17-7-4-3-5-8-17/h3-5,7-8,11-13H,6,9-10,14H2,1-2H3,(H,22,24)(H,23,25). The molecule has 2 aromatic rings. The van der Waals surface area contributed by atoms with Gasteiger partial charge in [0.15, 0.2) is 6.61 Å². The molecule has 0 aromatic heterocycles. The molecule has 0 radical (unpaired) electrons. The third-order valence-electron chi connectivity index (χ3n) is 4.00. The molecule has 0 aliphatic carbocycles. The van der Waals surface area contributed by atoms with Gasteiger partial charge in [0, 0.05) is 24.2 Å². The summed E-state index contributed by atoms with van der Waals surface area (Å²) in [5, 5.41) is 5.43. The maximum absolute atomic E-state index is 11.8. The van der Waals surface area contributed by atoms with Crippen LogP contribution in [-0.4, -0.2) is 24.4 Å². The van der Waals surface area contributed by atoms with E-state index in [0.717, 1.165) is 11.1 Å². The Labute approximate surface area is 158 Å². The van der Waals surface area contributed by atoms with Crippen LogP contribution in [-0.2, 0) is 19.1 Å². The third kappa shape index (κ3) is 7.32. The van der Waals surface area contributed by atoms with E-state index in [-0.39, 0.29) is 25.4 Å². The fourth-order valence-corrected chi connectivity index (χ4v) is 2.37. The van der Waals surface area contributed by atoms with Gasteiger partial charge in [-0.25, -0.2) is 0 Å². The summed E-state index contributed by atoms with van der Waals surface area (Å²) in [5.74, 6) is -1.06. The number of esters is 1. The molecule has 2 aromatic carbocycles. The number of anilines is 2. The minimum atomic E-state index is -0.502. The van der Waals surface area contributed by atoms with E-state index in [4.69, 9.17) is 4.74 Å². The smallest absolute Gasteiger partial charge is 0.306 e. The van der Waals surface area contributed by atoms with Crippen molar-refractivity contribution in [3.05, 3.63) is 59.7 Å². The summed E-state index contributed by atoms with van der Waals surface area (Å²) in [7, 11) is 0. The predicted octanol–water partition coefficient (Wildman–Crippen LogP) is 3.59. The Morgan fingerprint density at radius 3 is 2.22 bits per heavy atom. The number of benzene rings is 2. The van der Waals surface area contributed by atoms with Crippen LogP contribution in [0, 0.1) is 13.8 Å². The van der Waals surface area contributed by atoms with Gasteiger partial charge in [-0.05, 0) is 55.7 Å². The highest BCUT2D eigenvalue weighted by Crippen LogP contribution is 2.14. The Morgan fingerprint density at radius 2 is 1.52 bits per heavy atom. The molecule has 2 rings (SSSR count). The highest BCUT2D eigenvalue weighted by Gasteiger charge is 2.10. The van der Waals surface area contributed by atoms with Crippen molar-refractivity contribution in [2.45, 2.75) is 33.1 Å². The summed E-state index contributed by atoms with van der Waals surface area (Å²) in [4.78, 5) is 35.3. The Balaban J connectivity index is 1.63. The number of para-hydroxylation sites is 1. The van der Waals surface area contributed by atoms with E-state index in [0.29, 0.717) is 17.8 Å². The van der Waals surface area contributed by atoms with Crippen LogP contribution in [0.2, 0.25) is 0 Å². The van der Waals surface area contributed by atoms with Crippen LogP contribution >= 0.6 is 0 Å². The summed E-state index contributed by atoms with van der Waals surface area (Å²) >= 11 is 0. The minimum absolute atomic E-state index is 0.0825. The first-order valence-corrected chi connectivity index (χ1v) is 8.81. The lowest BCUT2D eigenvalue weighted by molar-refractivity contribution is -0.147. The molecule has 2 N–H and O–H groups in total. The molecule has 142 valence electrons. The second kappa shape index (κ2) is 10.1. The minimum Gasteiger partial charge on any atom is -0.456 e. The second-order valence-electron chi connectivity index (χ2n) is 6.28. The van der Waals surface area contributed by atoms with Crippen molar-refractivity contribution in [1.29, 1.82) is 0 Å². The van der Waals surface area contributed by atoms with E-state index < -0.39 is 11.9 Å². The highest BCUT2D eigenvalue weighted by atomic mass is 16.5. The van der Waals surface area contributed by atoms with Gasteiger partial charge in [-0.2, -0.15) is 0 Å². The molecular weight excluding hydrogens is 344 g/mol. The molecule has 0 aliphatic rings. The number of hydrogen-bond acceptors (Lipinski definition) is 4. The van der Waals surface area contributed by atoms with Crippen molar-refractivity contribution in [3.8, 4) is 0 Å². The van der Waals surface area contributed by atoms with Crippen LogP contribution in [0.1, 0.15) is 30.4 Å². The number of hydrogen-bond donors (Lipinski definition) is 2. The number of amides is 2. The van der Waals surface area contributed by atoms with Gasteiger partial charge in [-0.15, -0.1) is 0 Å². The highest BCUT2D eigenvalue weighted by molar-refractivity contribution is 5.93. The average Bonchev–Trinajstić information content (AvgIpc) is 2.64. The Kier molecular flexibility index (Phi) is 7.55. The first kappa shape index (κ1) is 20.2. The molecule has 0 aliphatic heterocycles. The molecule has 0 fully saturated rings. The Hall–Kier alpha value is -3.15. The second-order valence-corrected chi connectivity index (χ2v) is 6.28. The van der Waals surface area contributed by atoms with Gasteiger partial charge in [0.1, 0.15) is 0 Å². The molecule has 0 atom stereocenters. The summed E-state index contributed by atoms with van der Waals surface area (Å²) in [6.45, 7) is 3.60. The van der Waals surface area contributed by atoms with Crippen molar-refractivity contribution < 1.29 is 19.1 Å². The molecule has 2 amide bonds. The molecule has 6 nitrogen and oxygen atoms in total. The molecule has 0 bridgehead atoms. The summed E-state index contributed by atoms with van der Waals surface area (Å²) in [5.41, 5.74) is 3.58. The SMILES string of the molecule is Cc1ccc(NC(=O)COC(=O)CCCC(=O)Nc2ccccc2)cc1C. The maximum Gasteiger partial charge on any atom is 0.306 e. The lowest BCUT2D eigenvalue weighted by atomic mass is 10.1. The molecule has 0 spiro atoms. The van der Waals surface area contributed by atoms with Gasteiger partial charge < -0.3 is 15.4 Å². The van der Waals surface area contributed by atoms with Gasteiger partial charge in [0.2, 0.25) is 5.91 Å². The van der Waals surface area contributed by atoms with Gasteiger partial charge >= 0.3 is 5.97 Å². The van der Waals surface area contributed by atoms with Crippen molar-refractivity contribution in [3.63, 3.8) is 0 Å². The summed E-state index contributed by atoms with van der Waals surface area (Å²) in [6.07, 6.45) is 0.647. The van der Waals surface area contributed by atoms with Crippen LogP contribution in [0.3, 0.4) is 0 Å². The van der Waals surface area contributed by atoms with Crippen LogP contribution in [0.4, 0.5) is 11.4 Å². The zero-order chi connectivity index (χ0) is 19.6. The largest absolute Gasteiger partial charge is 0.456 e. The fraction of sp³-hybridized carbons (Fsp3) is 0.286. The summed E-state index contributed by atoms with van der Waals surface area (Å²) in [6, 6.07) is 14.7. The molecule has 27 heavy (non-hydrogen) atoms. The molecule has 0 unspecified atom stereocenters. The lowest BCUT2D eigenvalue weighted by Gasteiger charge is -2.08. The van der Waals surface area contributed by atoms with Gasteiger partial charge in [0.05, 0.1) is 0 Å². The van der Waals surface area contributed by atoms with E-state index in [9.17, 15) is 14.4 Å². The van der Waals surface area contributed by atoms with Gasteiger partial charge in [-0.1, -0.05) is 24.3 Å². The normalized spacial score (nSPS) is 10.1. The first-order chi connectivity index (χ1) is 12.9. The van der Waals surface area contributed by atoms with E-state index in [1.54, 1.807) is 18.2 Å². The molecular formula is C21H24N2O4. The number of rotatable bonds is 8. The molecule has 6 heteroatoms. The number of carbonyl (C=O) groups excluding carboxylic acids is 3. The number of nitrogens with one attached hydrogen (secondary N) is 2. The lowest BCUT2D eigenvalue weighted by Crippen LogP contribution is -2.21. The predicted molar refractivity (Wildman–Crippen MR) is 104 cm³/mol. The Bertz CT molecular complexity index is 803. The van der Waals surface area contributed by atoms with Crippen LogP contribution in [0.25, 0.3) is 0 Å². The number of aryl methyl sites for hydroxylation is 2. The van der Waals surface area contributed by atoms with Crippen molar-refractivity contribution in [2.75, 3.05) is 17.2 Å². The zero-order valence-electron chi connectivity index (χ0n) is 15.6. The van der Waals surface area contributed by atoms with Crippen LogP contribution in [0.15, 0.2) is 48.5 Å². The summed E-state index contributed by atoms with van der Waals surface area (Å²) < 4.78 is 4.95. The zero-order valence-corrected chi connectivity index (χ0v) is 15.6. The van der Waals surface area contributed by atoms with Crippen molar-refractivity contribution in [1.82, 2.24) is 0 Å². The third-order valence-corrected chi connectivity index (χ3v) is 4.00. The quantitative estimate of drug-likeness (QED) is 0.697. The van der Waals surface area contributed by atoms with Crippen molar-refractivity contribution >= 4 is 29.2 Å². The number of ether oxygens (including phenoxy) is 1. The van der Waals surface area contributed by atoms with Gasteiger partial charge in [-0.3, -0.25) is 14.4 Å². The maximum atomic E-state index is 11.8. The first-order valence-electron chi connectivity index (χ1n) is 8.81. The van der Waals surface area contributed by atoms with Crippen LogP contribution in [0.5, 0.6) is 0 Å². The van der Waals surface area contributed by atoms with E-state index in [1.165, 1.54) is 0 Å². The average molecular weight is 368 g/mol. The monoisotopic (exact) mass is 368 g/mol. The van der Waals surface area contributed by atoms with E-state index in [1.807, 2.05) is 44.2 Å². The number of carbonyl (C=O) groups is 3. The molecule has 0 saturated heterocycles. The van der Waals surface area contributed by atoms with E-state index in [2.05, 4.69) is 10.6 Å². The molecule has 0 heterocycles. The molecule has 0 saturated carbocycles. The fourth-order valence-electron chi connectivity index (χ4n) is 2.37. The van der Waals surface area contributed by atoms with Crippen LogP contribution < -0.4 is 10.6 Å². The van der Waals surface area contributed by atoms with Crippen molar-refractivity contribution in [2.24, 2.45) is 0 Å².